The summed E-state index contributed by atoms with van der Waals surface area (Å²) in [6.07, 6.45) is 8.55. The van der Waals surface area contributed by atoms with Gasteiger partial charge in [0.1, 0.15) is 6.10 Å². The van der Waals surface area contributed by atoms with Crippen molar-refractivity contribution in [2.45, 2.75) is 44.6 Å². The first kappa shape index (κ1) is 14.3. The molecule has 0 saturated heterocycles. The predicted molar refractivity (Wildman–Crippen MR) is 84.0 cm³/mol. The number of rotatable bonds is 4. The molecule has 2 N–H and O–H groups in total. The van der Waals surface area contributed by atoms with Crippen molar-refractivity contribution in [3.05, 3.63) is 24.0 Å². The minimum atomic E-state index is -0.627. The number of nitrogens with zero attached hydrogens (tertiary/aromatic N) is 1. The van der Waals surface area contributed by atoms with Crippen molar-refractivity contribution in [3.8, 4) is 0 Å². The highest BCUT2D eigenvalue weighted by molar-refractivity contribution is 5.83. The summed E-state index contributed by atoms with van der Waals surface area (Å²) >= 11 is 0. The first-order chi connectivity index (χ1) is 10.6. The fourth-order valence-electron chi connectivity index (χ4n) is 5.69. The van der Waals surface area contributed by atoms with E-state index in [1.807, 2.05) is 29.9 Å². The predicted octanol–water partition coefficient (Wildman–Crippen LogP) is 2.39. The number of hydrogen-bond acceptors (Lipinski definition) is 2. The summed E-state index contributed by atoms with van der Waals surface area (Å²) in [5, 5.41) is 13.3. The third kappa shape index (κ3) is 2.28. The molecule has 120 valence electrons. The van der Waals surface area contributed by atoms with Gasteiger partial charge in [-0.15, -0.1) is 0 Å². The van der Waals surface area contributed by atoms with E-state index in [9.17, 15) is 9.90 Å². The highest BCUT2D eigenvalue weighted by atomic mass is 16.3. The maximum Gasteiger partial charge on any atom is 0.226 e. The fraction of sp³-hybridized carbons (Fsp3) is 0.722. The molecule has 1 unspecified atom stereocenters. The van der Waals surface area contributed by atoms with Crippen LogP contribution in [-0.4, -0.2) is 22.1 Å². The zero-order valence-electron chi connectivity index (χ0n) is 13.3. The van der Waals surface area contributed by atoms with Crippen LogP contribution in [0.3, 0.4) is 0 Å². The summed E-state index contributed by atoms with van der Waals surface area (Å²) in [7, 11) is 1.92. The summed E-state index contributed by atoms with van der Waals surface area (Å²) in [5.41, 5.74) is 0.730. The van der Waals surface area contributed by atoms with Crippen LogP contribution in [0.5, 0.6) is 0 Å². The largest absolute Gasteiger partial charge is 0.385 e. The van der Waals surface area contributed by atoms with Gasteiger partial charge in [-0.1, -0.05) is 0 Å². The first-order valence-corrected chi connectivity index (χ1v) is 8.63. The van der Waals surface area contributed by atoms with Gasteiger partial charge in [0.2, 0.25) is 5.91 Å². The van der Waals surface area contributed by atoms with Gasteiger partial charge in [-0.05, 0) is 68.4 Å². The molecule has 1 heterocycles. The van der Waals surface area contributed by atoms with Gasteiger partial charge in [0.05, 0.1) is 0 Å². The van der Waals surface area contributed by atoms with Gasteiger partial charge >= 0.3 is 0 Å². The Morgan fingerprint density at radius 2 is 1.91 bits per heavy atom. The van der Waals surface area contributed by atoms with Crippen LogP contribution in [0.4, 0.5) is 0 Å². The highest BCUT2D eigenvalue weighted by Crippen LogP contribution is 2.60. The average molecular weight is 302 g/mol. The van der Waals surface area contributed by atoms with Crippen LogP contribution in [0.15, 0.2) is 18.3 Å². The normalized spacial score (nSPS) is 37.3. The molecule has 4 fully saturated rings. The van der Waals surface area contributed by atoms with Crippen molar-refractivity contribution >= 4 is 5.91 Å². The second-order valence-electron chi connectivity index (χ2n) is 7.97. The third-order valence-electron chi connectivity index (χ3n) is 6.30. The van der Waals surface area contributed by atoms with Crippen LogP contribution < -0.4 is 5.32 Å². The summed E-state index contributed by atoms with van der Waals surface area (Å²) < 4.78 is 1.90. The molecular formula is C18H26N2O2. The second-order valence-corrected chi connectivity index (χ2v) is 7.97. The Labute approximate surface area is 131 Å². The molecule has 1 amide bonds. The lowest BCUT2D eigenvalue weighted by atomic mass is 9.49. The van der Waals surface area contributed by atoms with Gasteiger partial charge in [0.15, 0.2) is 0 Å². The van der Waals surface area contributed by atoms with Crippen molar-refractivity contribution in [1.29, 1.82) is 0 Å². The molecule has 1 aromatic heterocycles. The molecule has 1 atom stereocenters. The summed E-state index contributed by atoms with van der Waals surface area (Å²) in [4.78, 5) is 12.8. The molecule has 5 rings (SSSR count). The monoisotopic (exact) mass is 302 g/mol. The van der Waals surface area contributed by atoms with Gasteiger partial charge in [-0.2, -0.15) is 0 Å². The van der Waals surface area contributed by atoms with Gasteiger partial charge in [-0.3, -0.25) is 4.79 Å². The van der Waals surface area contributed by atoms with Crippen LogP contribution in [0.1, 0.15) is 50.3 Å². The molecule has 4 aliphatic rings. The van der Waals surface area contributed by atoms with E-state index >= 15 is 0 Å². The third-order valence-corrected chi connectivity index (χ3v) is 6.30. The van der Waals surface area contributed by atoms with Crippen molar-refractivity contribution in [2.75, 3.05) is 6.54 Å². The number of aryl methyl sites for hydroxylation is 1. The zero-order valence-corrected chi connectivity index (χ0v) is 13.3. The lowest BCUT2D eigenvalue weighted by molar-refractivity contribution is -0.146. The number of hydrogen-bond donors (Lipinski definition) is 2. The second kappa shape index (κ2) is 5.12. The summed E-state index contributed by atoms with van der Waals surface area (Å²) in [6.45, 7) is 0.318. The van der Waals surface area contributed by atoms with Crippen molar-refractivity contribution in [1.82, 2.24) is 9.88 Å². The van der Waals surface area contributed by atoms with E-state index in [4.69, 9.17) is 0 Å². The fourth-order valence-corrected chi connectivity index (χ4v) is 5.69. The minimum Gasteiger partial charge on any atom is -0.385 e. The Hall–Kier alpha value is -1.29. The summed E-state index contributed by atoms with van der Waals surface area (Å²) in [5.74, 6) is 2.51. The Bertz CT molecular complexity index is 542. The van der Waals surface area contributed by atoms with Gasteiger partial charge in [0.25, 0.3) is 0 Å². The van der Waals surface area contributed by atoms with Crippen LogP contribution in [-0.2, 0) is 11.8 Å². The zero-order chi connectivity index (χ0) is 15.3. The minimum absolute atomic E-state index is 0.122. The van der Waals surface area contributed by atoms with E-state index in [-0.39, 0.29) is 11.3 Å². The molecule has 22 heavy (non-hydrogen) atoms. The number of aromatic nitrogens is 1. The Morgan fingerprint density at radius 3 is 2.41 bits per heavy atom. The first-order valence-electron chi connectivity index (χ1n) is 8.63. The topological polar surface area (TPSA) is 54.3 Å². The summed E-state index contributed by atoms with van der Waals surface area (Å²) in [6, 6.07) is 3.82. The average Bonchev–Trinajstić information content (AvgIpc) is 2.89. The molecular weight excluding hydrogens is 276 g/mol. The van der Waals surface area contributed by atoms with E-state index < -0.39 is 6.10 Å². The number of aliphatic hydroxyl groups is 1. The van der Waals surface area contributed by atoms with Crippen LogP contribution >= 0.6 is 0 Å². The maximum atomic E-state index is 12.8. The standard InChI is InChI=1S/C18H26N2O2/c1-20-4-2-3-15(20)16(21)11-19-17(22)18-8-12-5-13(9-18)7-14(6-12)10-18/h2-4,12-14,16,21H,5-11H2,1H3,(H,19,22). The molecule has 0 spiro atoms. The van der Waals surface area contributed by atoms with Crippen LogP contribution in [0.2, 0.25) is 0 Å². The number of nitrogens with one attached hydrogen (secondary N) is 1. The molecule has 4 bridgehead atoms. The lowest BCUT2D eigenvalue weighted by Gasteiger charge is -2.55. The van der Waals surface area contributed by atoms with E-state index in [0.717, 1.165) is 42.7 Å². The lowest BCUT2D eigenvalue weighted by Crippen LogP contribution is -2.54. The molecule has 0 aromatic carbocycles. The Kier molecular flexibility index (Phi) is 3.33. The molecule has 0 aliphatic heterocycles. The van der Waals surface area contributed by atoms with E-state index in [2.05, 4.69) is 5.32 Å². The number of carbonyl (C=O) groups is 1. The van der Waals surface area contributed by atoms with E-state index in [1.54, 1.807) is 0 Å². The number of carbonyl (C=O) groups excluding carboxylic acids is 1. The van der Waals surface area contributed by atoms with Gasteiger partial charge in [0, 0.05) is 30.9 Å². The van der Waals surface area contributed by atoms with Crippen LogP contribution in [0.25, 0.3) is 0 Å². The molecule has 0 radical (unpaired) electrons. The van der Waals surface area contributed by atoms with E-state index in [1.165, 1.54) is 19.3 Å². The molecule has 4 heteroatoms. The quantitative estimate of drug-likeness (QED) is 0.897. The van der Waals surface area contributed by atoms with Gasteiger partial charge in [-0.25, -0.2) is 0 Å². The van der Waals surface area contributed by atoms with E-state index in [0.29, 0.717) is 6.54 Å². The van der Waals surface area contributed by atoms with Crippen molar-refractivity contribution < 1.29 is 9.90 Å². The number of amides is 1. The van der Waals surface area contributed by atoms with Crippen molar-refractivity contribution in [3.63, 3.8) is 0 Å². The number of aliphatic hydroxyl groups excluding tert-OH is 1. The smallest absolute Gasteiger partial charge is 0.226 e. The Morgan fingerprint density at radius 1 is 1.32 bits per heavy atom. The molecule has 4 nitrogen and oxygen atoms in total. The SMILES string of the molecule is Cn1cccc1C(O)CNC(=O)C12CC3CC(CC(C3)C1)C2. The van der Waals surface area contributed by atoms with Gasteiger partial charge < -0.3 is 15.0 Å². The Balaban J connectivity index is 1.41. The molecule has 4 saturated carbocycles. The highest BCUT2D eigenvalue weighted by Gasteiger charge is 2.54. The molecule has 4 aliphatic carbocycles. The van der Waals surface area contributed by atoms with Crippen LogP contribution in [0, 0.1) is 23.2 Å². The maximum absolute atomic E-state index is 12.8. The van der Waals surface area contributed by atoms with Crippen molar-refractivity contribution in [2.24, 2.45) is 30.2 Å². The molecule has 1 aromatic rings.